The second-order valence-electron chi connectivity index (χ2n) is 6.04. The maximum Gasteiger partial charge on any atom is -0.00130 e. The Morgan fingerprint density at radius 2 is 1.35 bits per heavy atom. The van der Waals surface area contributed by atoms with E-state index in [1.165, 1.54) is 49.7 Å². The molecule has 1 aliphatic carbocycles. The zero-order chi connectivity index (χ0) is 13.9. The molecule has 0 saturated carbocycles. The van der Waals surface area contributed by atoms with Crippen LogP contribution in [-0.2, 0) is 6.42 Å². The van der Waals surface area contributed by atoms with Crippen LogP contribution in [0.2, 0.25) is 0 Å². The van der Waals surface area contributed by atoms with E-state index >= 15 is 0 Å². The molecule has 0 nitrogen and oxygen atoms in total. The van der Waals surface area contributed by atoms with Crippen molar-refractivity contribution in [2.45, 2.75) is 27.2 Å². The second-order valence-corrected chi connectivity index (χ2v) is 6.04. The summed E-state index contributed by atoms with van der Waals surface area (Å²) in [4.78, 5) is 0. The molecule has 0 aromatic heterocycles. The summed E-state index contributed by atoms with van der Waals surface area (Å²) < 4.78 is 0. The van der Waals surface area contributed by atoms with Crippen LogP contribution in [0.1, 0.15) is 27.8 Å². The van der Waals surface area contributed by atoms with Gasteiger partial charge in [0.05, 0.1) is 0 Å². The zero-order valence-corrected chi connectivity index (χ0v) is 12.2. The number of hydrogen-bond acceptors (Lipinski definition) is 0. The van der Waals surface area contributed by atoms with Gasteiger partial charge in [0.2, 0.25) is 0 Å². The smallest absolute Gasteiger partial charge is 0.00130 e. The lowest BCUT2D eigenvalue weighted by Gasteiger charge is -2.10. The van der Waals surface area contributed by atoms with Gasteiger partial charge in [-0.2, -0.15) is 0 Å². The summed E-state index contributed by atoms with van der Waals surface area (Å²) in [6.07, 6.45) is 1.08. The SMILES string of the molecule is Cc1cc2c(cc1C)-c1c(cc(C)c3ccccc13)C2. The molecule has 0 N–H and O–H groups in total. The van der Waals surface area contributed by atoms with Crippen molar-refractivity contribution in [2.24, 2.45) is 0 Å². The van der Waals surface area contributed by atoms with Gasteiger partial charge in [-0.05, 0) is 76.9 Å². The van der Waals surface area contributed by atoms with Gasteiger partial charge in [0.25, 0.3) is 0 Å². The van der Waals surface area contributed by atoms with Gasteiger partial charge in [-0.3, -0.25) is 0 Å². The summed E-state index contributed by atoms with van der Waals surface area (Å²) in [6, 6.07) is 15.9. The van der Waals surface area contributed by atoms with Gasteiger partial charge in [0.1, 0.15) is 0 Å². The van der Waals surface area contributed by atoms with Crippen LogP contribution in [0.3, 0.4) is 0 Å². The van der Waals surface area contributed by atoms with E-state index in [4.69, 9.17) is 0 Å². The van der Waals surface area contributed by atoms with Gasteiger partial charge >= 0.3 is 0 Å². The molecule has 20 heavy (non-hydrogen) atoms. The first kappa shape index (κ1) is 11.7. The number of aryl methyl sites for hydroxylation is 3. The predicted octanol–water partition coefficient (Wildman–Crippen LogP) is 5.34. The number of benzene rings is 3. The molecule has 0 atom stereocenters. The van der Waals surface area contributed by atoms with Crippen molar-refractivity contribution in [3.05, 3.63) is 70.3 Å². The summed E-state index contributed by atoms with van der Waals surface area (Å²) >= 11 is 0. The molecular weight excluding hydrogens is 240 g/mol. The Labute approximate surface area is 120 Å². The van der Waals surface area contributed by atoms with E-state index in [1.807, 2.05) is 0 Å². The van der Waals surface area contributed by atoms with Crippen molar-refractivity contribution < 1.29 is 0 Å². The molecule has 1 aliphatic rings. The van der Waals surface area contributed by atoms with Gasteiger partial charge in [0.15, 0.2) is 0 Å². The first-order valence-corrected chi connectivity index (χ1v) is 7.27. The molecule has 0 saturated heterocycles. The van der Waals surface area contributed by atoms with Crippen LogP contribution in [-0.4, -0.2) is 0 Å². The number of fused-ring (bicyclic) bond motifs is 5. The van der Waals surface area contributed by atoms with Crippen LogP contribution in [0.4, 0.5) is 0 Å². The Morgan fingerprint density at radius 1 is 0.700 bits per heavy atom. The van der Waals surface area contributed by atoms with Crippen LogP contribution >= 0.6 is 0 Å². The van der Waals surface area contributed by atoms with Gasteiger partial charge < -0.3 is 0 Å². The Balaban J connectivity index is 2.14. The second kappa shape index (κ2) is 3.96. The lowest BCUT2D eigenvalue weighted by atomic mass is 9.94. The molecular formula is C20H18. The first-order chi connectivity index (χ1) is 9.65. The molecule has 0 aliphatic heterocycles. The fraction of sp³-hybridized carbons (Fsp3) is 0.200. The Hall–Kier alpha value is -2.08. The maximum absolute atomic E-state index is 2.38. The summed E-state index contributed by atoms with van der Waals surface area (Å²) in [5, 5.41) is 2.79. The molecule has 4 rings (SSSR count). The summed E-state index contributed by atoms with van der Waals surface area (Å²) in [5.41, 5.74) is 10.1. The van der Waals surface area contributed by atoms with Crippen LogP contribution in [0.15, 0.2) is 42.5 Å². The molecule has 3 aromatic rings. The van der Waals surface area contributed by atoms with Crippen molar-refractivity contribution >= 4 is 10.8 Å². The standard InChI is InChI=1S/C20H18/c1-12-8-15-11-16-9-14(3)17-6-4-5-7-18(17)20(16)19(15)10-13(12)2/h4-10H,11H2,1-3H3. The first-order valence-electron chi connectivity index (χ1n) is 7.27. The van der Waals surface area contributed by atoms with Crippen molar-refractivity contribution in [2.75, 3.05) is 0 Å². The van der Waals surface area contributed by atoms with Crippen molar-refractivity contribution in [1.82, 2.24) is 0 Å². The maximum atomic E-state index is 2.38. The number of hydrogen-bond donors (Lipinski definition) is 0. The molecule has 0 radical (unpaired) electrons. The number of rotatable bonds is 0. The van der Waals surface area contributed by atoms with E-state index in [1.54, 1.807) is 0 Å². The van der Waals surface area contributed by atoms with Crippen molar-refractivity contribution in [3.63, 3.8) is 0 Å². The quantitative estimate of drug-likeness (QED) is 0.399. The fourth-order valence-electron chi connectivity index (χ4n) is 3.55. The molecule has 0 heteroatoms. The van der Waals surface area contributed by atoms with E-state index in [2.05, 4.69) is 63.2 Å². The molecule has 98 valence electrons. The lowest BCUT2D eigenvalue weighted by Crippen LogP contribution is -1.87. The Morgan fingerprint density at radius 3 is 2.15 bits per heavy atom. The summed E-state index contributed by atoms with van der Waals surface area (Å²) in [6.45, 7) is 6.65. The fourth-order valence-corrected chi connectivity index (χ4v) is 3.55. The van der Waals surface area contributed by atoms with E-state index in [0.29, 0.717) is 0 Å². The van der Waals surface area contributed by atoms with E-state index in [0.717, 1.165) is 6.42 Å². The minimum absolute atomic E-state index is 1.08. The monoisotopic (exact) mass is 258 g/mol. The van der Waals surface area contributed by atoms with E-state index in [9.17, 15) is 0 Å². The lowest BCUT2D eigenvalue weighted by molar-refractivity contribution is 1.23. The minimum atomic E-state index is 1.08. The summed E-state index contributed by atoms with van der Waals surface area (Å²) in [7, 11) is 0. The highest BCUT2D eigenvalue weighted by molar-refractivity contribution is 6.02. The zero-order valence-electron chi connectivity index (χ0n) is 12.2. The molecule has 3 aromatic carbocycles. The third kappa shape index (κ3) is 1.48. The molecule has 0 heterocycles. The molecule has 0 bridgehead atoms. The summed E-state index contributed by atoms with van der Waals surface area (Å²) in [5.74, 6) is 0. The third-order valence-corrected chi connectivity index (χ3v) is 4.70. The average Bonchev–Trinajstić information content (AvgIpc) is 2.77. The van der Waals surface area contributed by atoms with Gasteiger partial charge in [-0.15, -0.1) is 0 Å². The van der Waals surface area contributed by atoms with Crippen molar-refractivity contribution in [1.29, 1.82) is 0 Å². The Bertz CT molecular complexity index is 854. The molecule has 0 unspecified atom stereocenters. The van der Waals surface area contributed by atoms with Gasteiger partial charge in [-0.25, -0.2) is 0 Å². The molecule has 0 amide bonds. The van der Waals surface area contributed by atoms with Crippen LogP contribution in [0, 0.1) is 20.8 Å². The average molecular weight is 258 g/mol. The third-order valence-electron chi connectivity index (χ3n) is 4.70. The van der Waals surface area contributed by atoms with Crippen LogP contribution in [0.5, 0.6) is 0 Å². The van der Waals surface area contributed by atoms with Gasteiger partial charge in [-0.1, -0.05) is 42.5 Å². The highest BCUT2D eigenvalue weighted by atomic mass is 14.3. The van der Waals surface area contributed by atoms with Crippen LogP contribution in [0.25, 0.3) is 21.9 Å². The van der Waals surface area contributed by atoms with Crippen LogP contribution < -0.4 is 0 Å². The van der Waals surface area contributed by atoms with E-state index in [-0.39, 0.29) is 0 Å². The molecule has 0 fully saturated rings. The normalized spacial score (nSPS) is 12.6. The topological polar surface area (TPSA) is 0 Å². The van der Waals surface area contributed by atoms with Crippen molar-refractivity contribution in [3.8, 4) is 11.1 Å². The minimum Gasteiger partial charge on any atom is -0.0616 e. The Kier molecular flexibility index (Phi) is 2.32. The largest absolute Gasteiger partial charge is 0.0616 e. The van der Waals surface area contributed by atoms with E-state index < -0.39 is 0 Å². The van der Waals surface area contributed by atoms with Gasteiger partial charge in [0, 0.05) is 0 Å². The predicted molar refractivity (Wildman–Crippen MR) is 86.4 cm³/mol. The highest BCUT2D eigenvalue weighted by Gasteiger charge is 2.22. The highest BCUT2D eigenvalue weighted by Crippen LogP contribution is 2.43. The molecule has 0 spiro atoms.